The average molecular weight is 343 g/mol. The Balaban J connectivity index is 1.36. The molecule has 25 heavy (non-hydrogen) atoms. The summed E-state index contributed by atoms with van der Waals surface area (Å²) < 4.78 is 5.55. The van der Waals surface area contributed by atoms with Gasteiger partial charge in [-0.15, -0.1) is 0 Å². The number of hydrogen-bond acceptors (Lipinski definition) is 5. The van der Waals surface area contributed by atoms with Crippen molar-refractivity contribution in [2.24, 2.45) is 5.92 Å². The van der Waals surface area contributed by atoms with E-state index < -0.39 is 5.60 Å². The van der Waals surface area contributed by atoms with Gasteiger partial charge in [0.15, 0.2) is 0 Å². The minimum atomic E-state index is -0.540. The van der Waals surface area contributed by atoms with Gasteiger partial charge in [0.25, 0.3) is 0 Å². The van der Waals surface area contributed by atoms with E-state index >= 15 is 0 Å². The Bertz CT molecular complexity index is 710. The third-order valence-electron chi connectivity index (χ3n) is 5.92. The first-order chi connectivity index (χ1) is 12.1. The van der Waals surface area contributed by atoms with E-state index in [1.807, 2.05) is 6.92 Å². The van der Waals surface area contributed by atoms with Gasteiger partial charge < -0.3 is 10.1 Å². The molecule has 1 N–H and O–H groups in total. The summed E-state index contributed by atoms with van der Waals surface area (Å²) in [6, 6.07) is 0. The minimum absolute atomic E-state index is 0.0642. The molecule has 1 amide bonds. The standard InChI is InChI=1S/C19H25N3O3/c1-12-13-5-4-6-15(13)22-16(21-12)7-10-20-18(24)14-11-17(23)25-19(14)8-2-3-9-19/h14H,2-11H2,1H3,(H,20,24). The van der Waals surface area contributed by atoms with E-state index in [4.69, 9.17) is 4.74 Å². The highest BCUT2D eigenvalue weighted by atomic mass is 16.6. The molecule has 0 aromatic carbocycles. The number of amides is 1. The predicted octanol–water partition coefficient (Wildman–Crippen LogP) is 1.81. The zero-order valence-electron chi connectivity index (χ0n) is 14.8. The highest BCUT2D eigenvalue weighted by molar-refractivity contribution is 5.87. The monoisotopic (exact) mass is 343 g/mol. The molecule has 1 spiro atoms. The minimum Gasteiger partial charge on any atom is -0.458 e. The van der Waals surface area contributed by atoms with Crippen molar-refractivity contribution in [2.45, 2.75) is 70.3 Å². The molecule has 1 saturated heterocycles. The Hall–Kier alpha value is -1.98. The molecule has 2 heterocycles. The molecule has 134 valence electrons. The number of rotatable bonds is 4. The molecule has 1 atom stereocenters. The Morgan fingerprint density at radius 2 is 2.04 bits per heavy atom. The Kier molecular flexibility index (Phi) is 4.21. The molecule has 2 fully saturated rings. The van der Waals surface area contributed by atoms with Gasteiger partial charge in [-0.05, 0) is 57.4 Å². The molecule has 3 aliphatic rings. The lowest BCUT2D eigenvalue weighted by molar-refractivity contribution is -0.149. The topological polar surface area (TPSA) is 81.2 Å². The maximum atomic E-state index is 12.6. The van der Waals surface area contributed by atoms with Gasteiger partial charge in [-0.2, -0.15) is 0 Å². The second kappa shape index (κ2) is 6.39. The zero-order chi connectivity index (χ0) is 17.4. The predicted molar refractivity (Wildman–Crippen MR) is 90.9 cm³/mol. The third kappa shape index (κ3) is 3.02. The first kappa shape index (κ1) is 16.5. The van der Waals surface area contributed by atoms with E-state index in [1.54, 1.807) is 0 Å². The summed E-state index contributed by atoms with van der Waals surface area (Å²) in [6.45, 7) is 2.54. The molecule has 1 aromatic heterocycles. The molecular formula is C19H25N3O3. The van der Waals surface area contributed by atoms with Crippen LogP contribution in [0.4, 0.5) is 0 Å². The largest absolute Gasteiger partial charge is 0.458 e. The van der Waals surface area contributed by atoms with Crippen molar-refractivity contribution < 1.29 is 14.3 Å². The average Bonchev–Trinajstić information content (AvgIpc) is 3.28. The van der Waals surface area contributed by atoms with E-state index in [0.29, 0.717) is 13.0 Å². The fourth-order valence-corrected chi connectivity index (χ4v) is 4.66. The van der Waals surface area contributed by atoms with Gasteiger partial charge in [0.2, 0.25) is 5.91 Å². The van der Waals surface area contributed by atoms with Gasteiger partial charge >= 0.3 is 5.97 Å². The number of esters is 1. The lowest BCUT2D eigenvalue weighted by atomic mass is 9.85. The van der Waals surface area contributed by atoms with E-state index in [0.717, 1.165) is 56.5 Å². The van der Waals surface area contributed by atoms with Crippen LogP contribution in [-0.4, -0.2) is 34.0 Å². The van der Waals surface area contributed by atoms with Gasteiger partial charge in [0.1, 0.15) is 11.4 Å². The molecule has 0 bridgehead atoms. The summed E-state index contributed by atoms with van der Waals surface area (Å²) in [5.74, 6) is 0.156. The van der Waals surface area contributed by atoms with Crippen molar-refractivity contribution in [3.63, 3.8) is 0 Å². The summed E-state index contributed by atoms with van der Waals surface area (Å²) in [7, 11) is 0. The second-order valence-corrected chi connectivity index (χ2v) is 7.55. The number of fused-ring (bicyclic) bond motifs is 1. The van der Waals surface area contributed by atoms with Crippen molar-refractivity contribution in [1.29, 1.82) is 0 Å². The molecule has 1 aromatic rings. The molecule has 2 aliphatic carbocycles. The van der Waals surface area contributed by atoms with Crippen LogP contribution in [0.1, 0.15) is 61.3 Å². The number of nitrogens with zero attached hydrogens (tertiary/aromatic N) is 2. The Morgan fingerprint density at radius 1 is 1.24 bits per heavy atom. The highest BCUT2D eigenvalue weighted by Crippen LogP contribution is 2.45. The molecule has 6 heteroatoms. The summed E-state index contributed by atoms with van der Waals surface area (Å²) in [5, 5.41) is 2.98. The molecular weight excluding hydrogens is 318 g/mol. The summed E-state index contributed by atoms with van der Waals surface area (Å²) in [4.78, 5) is 33.6. The number of aromatic nitrogens is 2. The molecule has 1 saturated carbocycles. The number of aryl methyl sites for hydroxylation is 2. The van der Waals surface area contributed by atoms with Crippen LogP contribution in [0.5, 0.6) is 0 Å². The first-order valence-electron chi connectivity index (χ1n) is 9.42. The maximum absolute atomic E-state index is 12.6. The van der Waals surface area contributed by atoms with Crippen LogP contribution in [0.15, 0.2) is 0 Å². The van der Waals surface area contributed by atoms with Crippen LogP contribution in [-0.2, 0) is 33.6 Å². The van der Waals surface area contributed by atoms with Crippen molar-refractivity contribution in [1.82, 2.24) is 15.3 Å². The zero-order valence-corrected chi connectivity index (χ0v) is 14.8. The molecule has 0 radical (unpaired) electrons. The normalized spacial score (nSPS) is 23.7. The molecule has 1 aliphatic heterocycles. The lowest BCUT2D eigenvalue weighted by Gasteiger charge is -2.27. The first-order valence-corrected chi connectivity index (χ1v) is 9.42. The number of ether oxygens (including phenoxy) is 1. The van der Waals surface area contributed by atoms with Gasteiger partial charge in [-0.1, -0.05) is 0 Å². The van der Waals surface area contributed by atoms with Crippen LogP contribution in [0, 0.1) is 12.8 Å². The fraction of sp³-hybridized carbons (Fsp3) is 0.684. The Morgan fingerprint density at radius 3 is 2.84 bits per heavy atom. The SMILES string of the molecule is Cc1nc(CCNC(=O)C2CC(=O)OC23CCCC3)nc2c1CCC2. The molecule has 1 unspecified atom stereocenters. The van der Waals surface area contributed by atoms with E-state index in [-0.39, 0.29) is 24.2 Å². The summed E-state index contributed by atoms with van der Waals surface area (Å²) >= 11 is 0. The number of hydrogen-bond donors (Lipinski definition) is 1. The second-order valence-electron chi connectivity index (χ2n) is 7.55. The fourth-order valence-electron chi connectivity index (χ4n) is 4.66. The van der Waals surface area contributed by atoms with E-state index in [9.17, 15) is 9.59 Å². The van der Waals surface area contributed by atoms with Crippen LogP contribution in [0.2, 0.25) is 0 Å². The van der Waals surface area contributed by atoms with Crippen molar-refractivity contribution in [3.05, 3.63) is 22.8 Å². The van der Waals surface area contributed by atoms with E-state index in [1.165, 1.54) is 11.3 Å². The molecule has 4 rings (SSSR count). The van der Waals surface area contributed by atoms with Gasteiger partial charge in [0, 0.05) is 24.4 Å². The van der Waals surface area contributed by atoms with Gasteiger partial charge in [-0.3, -0.25) is 9.59 Å². The highest BCUT2D eigenvalue weighted by Gasteiger charge is 2.53. The third-order valence-corrected chi connectivity index (χ3v) is 5.92. The number of carbonyl (C=O) groups excluding carboxylic acids is 2. The van der Waals surface area contributed by atoms with Gasteiger partial charge in [0.05, 0.1) is 12.3 Å². The summed E-state index contributed by atoms with van der Waals surface area (Å²) in [5.41, 5.74) is 3.01. The van der Waals surface area contributed by atoms with E-state index in [2.05, 4.69) is 15.3 Å². The maximum Gasteiger partial charge on any atom is 0.307 e. The lowest BCUT2D eigenvalue weighted by Crippen LogP contribution is -2.43. The van der Waals surface area contributed by atoms with Crippen molar-refractivity contribution in [3.8, 4) is 0 Å². The molecule has 6 nitrogen and oxygen atoms in total. The summed E-state index contributed by atoms with van der Waals surface area (Å²) in [6.07, 6.45) is 7.77. The van der Waals surface area contributed by atoms with Crippen LogP contribution in [0.25, 0.3) is 0 Å². The number of nitrogens with one attached hydrogen (secondary N) is 1. The van der Waals surface area contributed by atoms with Gasteiger partial charge in [-0.25, -0.2) is 9.97 Å². The van der Waals surface area contributed by atoms with Crippen LogP contribution < -0.4 is 5.32 Å². The van der Waals surface area contributed by atoms with Crippen LogP contribution >= 0.6 is 0 Å². The van der Waals surface area contributed by atoms with Crippen molar-refractivity contribution in [2.75, 3.05) is 6.54 Å². The number of carbonyl (C=O) groups is 2. The van der Waals surface area contributed by atoms with Crippen LogP contribution in [0.3, 0.4) is 0 Å². The quantitative estimate of drug-likeness (QED) is 0.843. The van der Waals surface area contributed by atoms with Crippen molar-refractivity contribution >= 4 is 11.9 Å². The smallest absolute Gasteiger partial charge is 0.307 e. The Labute approximate surface area is 147 Å².